The van der Waals surface area contributed by atoms with E-state index in [0.29, 0.717) is 17.7 Å². The van der Waals surface area contributed by atoms with Crippen LogP contribution < -0.4 is 9.64 Å². The van der Waals surface area contributed by atoms with E-state index in [1.165, 1.54) is 5.82 Å². The third-order valence-electron chi connectivity index (χ3n) is 3.73. The quantitative estimate of drug-likeness (QED) is 0.842. The minimum Gasteiger partial charge on any atom is -0.481 e. The summed E-state index contributed by atoms with van der Waals surface area (Å²) in [6.07, 6.45) is 7.87. The molecule has 1 aliphatic rings. The minimum absolute atomic E-state index is 0.594. The molecule has 0 fully saturated rings. The SMILES string of the molecule is COc1ccnc(N(C)C[C@@H]2CCc3nccn3C2)n1. The molecule has 20 heavy (non-hydrogen) atoms. The molecule has 0 saturated carbocycles. The summed E-state index contributed by atoms with van der Waals surface area (Å²) in [7, 11) is 3.64. The van der Waals surface area contributed by atoms with Gasteiger partial charge >= 0.3 is 0 Å². The van der Waals surface area contributed by atoms with E-state index in [-0.39, 0.29) is 0 Å². The Balaban J connectivity index is 1.66. The van der Waals surface area contributed by atoms with E-state index in [9.17, 15) is 0 Å². The van der Waals surface area contributed by atoms with Gasteiger partial charge in [0.2, 0.25) is 11.8 Å². The predicted octanol–water partition coefficient (Wildman–Crippen LogP) is 1.38. The molecule has 1 atom stereocenters. The van der Waals surface area contributed by atoms with Crippen molar-refractivity contribution >= 4 is 5.95 Å². The van der Waals surface area contributed by atoms with Crippen LogP contribution in [0, 0.1) is 5.92 Å². The summed E-state index contributed by atoms with van der Waals surface area (Å²) in [4.78, 5) is 15.1. The van der Waals surface area contributed by atoms with Crippen LogP contribution in [0.5, 0.6) is 5.88 Å². The monoisotopic (exact) mass is 273 g/mol. The number of rotatable bonds is 4. The highest BCUT2D eigenvalue weighted by Crippen LogP contribution is 2.21. The summed E-state index contributed by atoms with van der Waals surface area (Å²) in [6.45, 7) is 1.95. The molecule has 2 aromatic heterocycles. The van der Waals surface area contributed by atoms with Gasteiger partial charge in [0.05, 0.1) is 7.11 Å². The van der Waals surface area contributed by atoms with E-state index in [4.69, 9.17) is 4.74 Å². The van der Waals surface area contributed by atoms with E-state index in [0.717, 1.165) is 25.9 Å². The summed E-state index contributed by atoms with van der Waals surface area (Å²) in [6, 6.07) is 1.76. The van der Waals surface area contributed by atoms with Crippen LogP contribution in [0.25, 0.3) is 0 Å². The highest BCUT2D eigenvalue weighted by Gasteiger charge is 2.21. The zero-order valence-electron chi connectivity index (χ0n) is 11.9. The molecule has 0 unspecified atom stereocenters. The number of methoxy groups -OCH3 is 1. The first-order chi connectivity index (χ1) is 9.76. The molecule has 0 aliphatic carbocycles. The third-order valence-corrected chi connectivity index (χ3v) is 3.73. The van der Waals surface area contributed by atoms with Gasteiger partial charge in [0.25, 0.3) is 0 Å². The molecule has 6 heteroatoms. The lowest BCUT2D eigenvalue weighted by molar-refractivity contribution is 0.366. The summed E-state index contributed by atoms with van der Waals surface area (Å²) in [5, 5.41) is 0. The van der Waals surface area contributed by atoms with Crippen molar-refractivity contribution in [2.24, 2.45) is 5.92 Å². The molecule has 2 aromatic rings. The predicted molar refractivity (Wildman–Crippen MR) is 75.9 cm³/mol. The molecule has 0 spiro atoms. The highest BCUT2D eigenvalue weighted by molar-refractivity contribution is 5.30. The summed E-state index contributed by atoms with van der Waals surface area (Å²) in [5.41, 5.74) is 0. The van der Waals surface area contributed by atoms with Gasteiger partial charge in [-0.1, -0.05) is 0 Å². The Hall–Kier alpha value is -2.11. The van der Waals surface area contributed by atoms with E-state index in [1.54, 1.807) is 19.4 Å². The fraction of sp³-hybridized carbons (Fsp3) is 0.500. The third kappa shape index (κ3) is 2.59. The molecule has 3 heterocycles. The number of hydrogen-bond acceptors (Lipinski definition) is 5. The number of fused-ring (bicyclic) bond motifs is 1. The first-order valence-corrected chi connectivity index (χ1v) is 6.84. The van der Waals surface area contributed by atoms with Crippen LogP contribution in [0.2, 0.25) is 0 Å². The lowest BCUT2D eigenvalue weighted by atomic mass is 9.99. The molecule has 6 nitrogen and oxygen atoms in total. The zero-order valence-corrected chi connectivity index (χ0v) is 11.9. The zero-order chi connectivity index (χ0) is 13.9. The summed E-state index contributed by atoms with van der Waals surface area (Å²) in [5.74, 6) is 3.10. The Labute approximate surface area is 118 Å². The van der Waals surface area contributed by atoms with Crippen molar-refractivity contribution in [2.75, 3.05) is 25.6 Å². The van der Waals surface area contributed by atoms with Crippen LogP contribution in [0.3, 0.4) is 0 Å². The first kappa shape index (κ1) is 12.9. The maximum absolute atomic E-state index is 5.14. The molecule has 0 bridgehead atoms. The second-order valence-corrected chi connectivity index (χ2v) is 5.18. The molecular formula is C14H19N5O. The van der Waals surface area contributed by atoms with Crippen LogP contribution in [0.1, 0.15) is 12.2 Å². The van der Waals surface area contributed by atoms with Crippen molar-refractivity contribution < 1.29 is 4.74 Å². The van der Waals surface area contributed by atoms with Gasteiger partial charge in [0.15, 0.2) is 0 Å². The van der Waals surface area contributed by atoms with Crippen LogP contribution in [0.4, 0.5) is 5.95 Å². The number of ether oxygens (including phenoxy) is 1. The van der Waals surface area contributed by atoms with Crippen molar-refractivity contribution in [1.29, 1.82) is 0 Å². The molecule has 0 amide bonds. The number of aromatic nitrogens is 4. The maximum atomic E-state index is 5.14. The average molecular weight is 273 g/mol. The Kier molecular flexibility index (Phi) is 3.54. The van der Waals surface area contributed by atoms with Crippen molar-refractivity contribution in [2.45, 2.75) is 19.4 Å². The van der Waals surface area contributed by atoms with Gasteiger partial charge in [-0.3, -0.25) is 0 Å². The van der Waals surface area contributed by atoms with Gasteiger partial charge in [0.1, 0.15) is 5.82 Å². The Bertz CT molecular complexity index is 582. The number of hydrogen-bond donors (Lipinski definition) is 0. The first-order valence-electron chi connectivity index (χ1n) is 6.84. The van der Waals surface area contributed by atoms with Gasteiger partial charge in [0, 0.05) is 51.2 Å². The largest absolute Gasteiger partial charge is 0.481 e. The minimum atomic E-state index is 0.594. The molecule has 0 radical (unpaired) electrons. The molecular weight excluding hydrogens is 254 g/mol. The van der Waals surface area contributed by atoms with Crippen LogP contribution in [-0.4, -0.2) is 40.2 Å². The fourth-order valence-corrected chi connectivity index (χ4v) is 2.69. The van der Waals surface area contributed by atoms with Gasteiger partial charge in [-0.05, 0) is 12.3 Å². The average Bonchev–Trinajstić information content (AvgIpc) is 2.95. The standard InChI is InChI=1S/C14H19N5O/c1-18(14-16-6-5-13(17-14)20-2)9-11-3-4-12-15-7-8-19(12)10-11/h5-8,11H,3-4,9-10H2,1-2H3/t11-/m0/s1. The second-order valence-electron chi connectivity index (χ2n) is 5.18. The van der Waals surface area contributed by atoms with Crippen LogP contribution in [-0.2, 0) is 13.0 Å². The number of nitrogens with zero attached hydrogens (tertiary/aromatic N) is 5. The molecule has 1 aliphatic heterocycles. The highest BCUT2D eigenvalue weighted by atomic mass is 16.5. The lowest BCUT2D eigenvalue weighted by Crippen LogP contribution is -2.32. The van der Waals surface area contributed by atoms with Crippen molar-refractivity contribution in [3.05, 3.63) is 30.5 Å². The number of anilines is 1. The lowest BCUT2D eigenvalue weighted by Gasteiger charge is -2.28. The fourth-order valence-electron chi connectivity index (χ4n) is 2.69. The molecule has 0 saturated heterocycles. The van der Waals surface area contributed by atoms with E-state index >= 15 is 0 Å². The van der Waals surface area contributed by atoms with Crippen LogP contribution >= 0.6 is 0 Å². The molecule has 106 valence electrons. The molecule has 3 rings (SSSR count). The van der Waals surface area contributed by atoms with Crippen molar-refractivity contribution in [3.8, 4) is 5.88 Å². The topological polar surface area (TPSA) is 56.1 Å². The molecule has 0 aromatic carbocycles. The van der Waals surface area contributed by atoms with Crippen molar-refractivity contribution in [1.82, 2.24) is 19.5 Å². The second kappa shape index (κ2) is 5.48. The summed E-state index contributed by atoms with van der Waals surface area (Å²) >= 11 is 0. The van der Waals surface area contributed by atoms with E-state index < -0.39 is 0 Å². The van der Waals surface area contributed by atoms with E-state index in [1.807, 2.05) is 13.2 Å². The Morgan fingerprint density at radius 2 is 2.30 bits per heavy atom. The smallest absolute Gasteiger partial charge is 0.228 e. The Morgan fingerprint density at radius 3 is 3.15 bits per heavy atom. The van der Waals surface area contributed by atoms with Gasteiger partial charge in [-0.2, -0.15) is 4.98 Å². The van der Waals surface area contributed by atoms with Gasteiger partial charge in [-0.25, -0.2) is 9.97 Å². The van der Waals surface area contributed by atoms with Gasteiger partial charge < -0.3 is 14.2 Å². The summed E-state index contributed by atoms with van der Waals surface area (Å²) < 4.78 is 7.39. The van der Waals surface area contributed by atoms with Crippen LogP contribution in [0.15, 0.2) is 24.7 Å². The van der Waals surface area contributed by atoms with Gasteiger partial charge in [-0.15, -0.1) is 0 Å². The maximum Gasteiger partial charge on any atom is 0.228 e. The number of imidazole rings is 1. The normalized spacial score (nSPS) is 17.6. The Morgan fingerprint density at radius 1 is 1.40 bits per heavy atom. The molecule has 0 N–H and O–H groups in total. The van der Waals surface area contributed by atoms with Crippen molar-refractivity contribution in [3.63, 3.8) is 0 Å². The van der Waals surface area contributed by atoms with E-state index in [2.05, 4.69) is 30.6 Å². The number of aryl methyl sites for hydroxylation is 1.